The lowest BCUT2D eigenvalue weighted by Gasteiger charge is -2.34. The quantitative estimate of drug-likeness (QED) is 0.542. The maximum atomic E-state index is 13.5. The monoisotopic (exact) mass is 430 g/mol. The molecule has 0 aliphatic carbocycles. The van der Waals surface area contributed by atoms with Crippen molar-refractivity contribution in [3.63, 3.8) is 0 Å². The van der Waals surface area contributed by atoms with Gasteiger partial charge in [-0.2, -0.15) is 0 Å². The zero-order chi connectivity index (χ0) is 23.5. The van der Waals surface area contributed by atoms with Gasteiger partial charge in [0.15, 0.2) is 0 Å². The van der Waals surface area contributed by atoms with Crippen LogP contribution < -0.4 is 0 Å². The van der Waals surface area contributed by atoms with Crippen molar-refractivity contribution in [3.05, 3.63) is 45.5 Å². The van der Waals surface area contributed by atoms with Crippen molar-refractivity contribution in [2.45, 2.75) is 41.5 Å². The number of benzene rings is 2. The summed E-state index contributed by atoms with van der Waals surface area (Å²) in [6.07, 6.45) is 0. The molecule has 6 heteroatoms. The first-order valence-electron chi connectivity index (χ1n) is 10.9. The summed E-state index contributed by atoms with van der Waals surface area (Å²) in [7, 11) is 0. The normalized spacial score (nSPS) is 15.2. The van der Waals surface area contributed by atoms with E-state index in [0.717, 1.165) is 0 Å². The first kappa shape index (κ1) is 21.8. The van der Waals surface area contributed by atoms with Crippen molar-refractivity contribution in [2.75, 3.05) is 13.1 Å². The summed E-state index contributed by atoms with van der Waals surface area (Å²) >= 11 is 0. The van der Waals surface area contributed by atoms with Crippen molar-refractivity contribution in [1.29, 1.82) is 0 Å². The second-order valence-electron chi connectivity index (χ2n) is 9.32. The average Bonchev–Trinajstić information content (AvgIpc) is 2.71. The van der Waals surface area contributed by atoms with Crippen LogP contribution >= 0.6 is 0 Å². The zero-order valence-electron chi connectivity index (χ0n) is 19.3. The van der Waals surface area contributed by atoms with Crippen LogP contribution in [0.3, 0.4) is 0 Å². The lowest BCUT2D eigenvalue weighted by molar-refractivity contribution is 0.0570. The van der Waals surface area contributed by atoms with Gasteiger partial charge in [0.2, 0.25) is 0 Å². The molecule has 4 rings (SSSR count). The Labute approximate surface area is 187 Å². The molecule has 0 unspecified atom stereocenters. The van der Waals surface area contributed by atoms with Crippen LogP contribution in [-0.2, 0) is 0 Å². The standard InChI is InChI=1S/C26H26N2O4/c1-7-8-16-10-18-21-19(25(31)27(24(18)30)11-13(2)3)15(6)9-17-22(21)20(16)26(32)28(23(17)29)12-14(4)5/h9-10,13-14H,11-12H2,1-6H3. The van der Waals surface area contributed by atoms with E-state index in [-0.39, 0.29) is 30.8 Å². The average molecular weight is 431 g/mol. The second kappa shape index (κ2) is 7.59. The highest BCUT2D eigenvalue weighted by atomic mass is 16.2. The Morgan fingerprint density at radius 3 is 1.72 bits per heavy atom. The smallest absolute Gasteiger partial charge is 0.262 e. The maximum absolute atomic E-state index is 13.5. The number of carbonyl (C=O) groups is 4. The van der Waals surface area contributed by atoms with Crippen molar-refractivity contribution in [1.82, 2.24) is 9.80 Å². The van der Waals surface area contributed by atoms with Gasteiger partial charge in [-0.3, -0.25) is 29.0 Å². The predicted molar refractivity (Wildman–Crippen MR) is 122 cm³/mol. The molecule has 2 aliphatic rings. The second-order valence-corrected chi connectivity index (χ2v) is 9.32. The minimum absolute atomic E-state index is 0.0897. The van der Waals surface area contributed by atoms with Gasteiger partial charge >= 0.3 is 0 Å². The van der Waals surface area contributed by atoms with E-state index in [0.29, 0.717) is 44.2 Å². The number of hydrogen-bond donors (Lipinski definition) is 0. The van der Waals surface area contributed by atoms with Crippen LogP contribution in [0.5, 0.6) is 0 Å². The summed E-state index contributed by atoms with van der Waals surface area (Å²) in [6, 6.07) is 3.29. The molecule has 0 saturated carbocycles. The van der Waals surface area contributed by atoms with E-state index in [4.69, 9.17) is 0 Å². The van der Waals surface area contributed by atoms with Gasteiger partial charge in [-0.05, 0) is 43.4 Å². The molecule has 164 valence electrons. The summed E-state index contributed by atoms with van der Waals surface area (Å²) in [4.78, 5) is 56.1. The molecule has 32 heavy (non-hydrogen) atoms. The molecule has 0 aromatic heterocycles. The van der Waals surface area contributed by atoms with Crippen LogP contribution in [0.4, 0.5) is 0 Å². The third-order valence-electron chi connectivity index (χ3n) is 5.83. The largest absolute Gasteiger partial charge is 0.274 e. The summed E-state index contributed by atoms with van der Waals surface area (Å²) in [6.45, 7) is 11.8. The van der Waals surface area contributed by atoms with E-state index in [1.807, 2.05) is 27.7 Å². The molecule has 0 N–H and O–H groups in total. The molecular weight excluding hydrogens is 404 g/mol. The fourth-order valence-electron chi connectivity index (χ4n) is 4.65. The van der Waals surface area contributed by atoms with Crippen molar-refractivity contribution in [2.24, 2.45) is 11.8 Å². The van der Waals surface area contributed by atoms with E-state index >= 15 is 0 Å². The molecular formula is C26H26N2O4. The van der Waals surface area contributed by atoms with Crippen molar-refractivity contribution in [3.8, 4) is 11.8 Å². The molecule has 0 atom stereocenters. The molecule has 2 heterocycles. The Hall–Kier alpha value is -3.46. The Balaban J connectivity index is 2.13. The number of aryl methyl sites for hydroxylation is 1. The Morgan fingerprint density at radius 2 is 1.22 bits per heavy atom. The molecule has 2 aromatic carbocycles. The fraction of sp³-hybridized carbons (Fsp3) is 0.385. The van der Waals surface area contributed by atoms with Crippen LogP contribution in [0.2, 0.25) is 0 Å². The minimum Gasteiger partial charge on any atom is -0.274 e. The van der Waals surface area contributed by atoms with Gasteiger partial charge in [0.25, 0.3) is 23.6 Å². The number of rotatable bonds is 4. The first-order valence-corrected chi connectivity index (χ1v) is 10.9. The highest BCUT2D eigenvalue weighted by Gasteiger charge is 2.42. The Morgan fingerprint density at radius 1 is 0.750 bits per heavy atom. The molecule has 2 aliphatic heterocycles. The van der Waals surface area contributed by atoms with Gasteiger partial charge in [0, 0.05) is 40.6 Å². The van der Waals surface area contributed by atoms with Gasteiger partial charge in [-0.15, -0.1) is 5.92 Å². The van der Waals surface area contributed by atoms with E-state index in [1.54, 1.807) is 26.0 Å². The Kier molecular flexibility index (Phi) is 5.16. The number of imide groups is 2. The van der Waals surface area contributed by atoms with E-state index < -0.39 is 17.7 Å². The molecule has 0 radical (unpaired) electrons. The predicted octanol–water partition coefficient (Wildman–Crippen LogP) is 4.02. The van der Waals surface area contributed by atoms with Gasteiger partial charge in [-0.1, -0.05) is 33.6 Å². The number of carbonyl (C=O) groups excluding carboxylic acids is 4. The van der Waals surface area contributed by atoms with E-state index in [2.05, 4.69) is 11.8 Å². The van der Waals surface area contributed by atoms with E-state index in [9.17, 15) is 19.2 Å². The van der Waals surface area contributed by atoms with Crippen LogP contribution in [0.1, 0.15) is 87.2 Å². The first-order chi connectivity index (χ1) is 15.1. The van der Waals surface area contributed by atoms with Crippen LogP contribution in [-0.4, -0.2) is 46.5 Å². The SMILES string of the molecule is CC#Cc1cc2c3c(c(C)cc4c3c1C(=O)N(CC(C)C)C4=O)C(=O)N(CC(C)C)C2=O. The van der Waals surface area contributed by atoms with Crippen molar-refractivity contribution >= 4 is 34.4 Å². The zero-order valence-corrected chi connectivity index (χ0v) is 19.3. The summed E-state index contributed by atoms with van der Waals surface area (Å²) < 4.78 is 0. The number of nitrogens with zero attached hydrogens (tertiary/aromatic N) is 2. The maximum Gasteiger partial charge on any atom is 0.262 e. The van der Waals surface area contributed by atoms with Crippen LogP contribution in [0.25, 0.3) is 10.8 Å². The van der Waals surface area contributed by atoms with Gasteiger partial charge in [-0.25, -0.2) is 0 Å². The molecule has 0 spiro atoms. The topological polar surface area (TPSA) is 74.8 Å². The number of hydrogen-bond acceptors (Lipinski definition) is 4. The lowest BCUT2D eigenvalue weighted by Crippen LogP contribution is -2.45. The summed E-state index contributed by atoms with van der Waals surface area (Å²) in [5, 5.41) is 0.777. The van der Waals surface area contributed by atoms with Gasteiger partial charge in [0.05, 0.1) is 11.1 Å². The lowest BCUT2D eigenvalue weighted by atomic mass is 9.81. The molecule has 0 fully saturated rings. The third kappa shape index (κ3) is 3.03. The summed E-state index contributed by atoms with van der Waals surface area (Å²) in [5.74, 6) is 4.33. The van der Waals surface area contributed by atoms with Crippen molar-refractivity contribution < 1.29 is 19.2 Å². The molecule has 0 bridgehead atoms. The van der Waals surface area contributed by atoms with E-state index in [1.165, 1.54) is 9.80 Å². The molecule has 4 amide bonds. The Bertz CT molecular complexity index is 1290. The third-order valence-corrected chi connectivity index (χ3v) is 5.83. The van der Waals surface area contributed by atoms with Gasteiger partial charge in [0.1, 0.15) is 0 Å². The molecule has 2 aromatic rings. The molecule has 6 nitrogen and oxygen atoms in total. The number of amides is 4. The van der Waals surface area contributed by atoms with Crippen LogP contribution in [0.15, 0.2) is 12.1 Å². The highest BCUT2D eigenvalue weighted by molar-refractivity contribution is 6.34. The van der Waals surface area contributed by atoms with Gasteiger partial charge < -0.3 is 0 Å². The molecule has 0 saturated heterocycles. The fourth-order valence-corrected chi connectivity index (χ4v) is 4.65. The minimum atomic E-state index is -0.431. The summed E-state index contributed by atoms with van der Waals surface area (Å²) in [5.41, 5.74) is 2.37. The van der Waals surface area contributed by atoms with Crippen LogP contribution in [0, 0.1) is 30.6 Å². The highest BCUT2D eigenvalue weighted by Crippen LogP contribution is 2.41.